The van der Waals surface area contributed by atoms with Gasteiger partial charge >= 0.3 is 5.97 Å². The first-order valence-electron chi connectivity index (χ1n) is 4.91. The molecule has 3 nitrogen and oxygen atoms in total. The van der Waals surface area contributed by atoms with E-state index in [1.807, 2.05) is 27.7 Å². The average molecular weight is 220 g/mol. The number of rotatable bonds is 7. The van der Waals surface area contributed by atoms with Gasteiger partial charge in [0.15, 0.2) is 0 Å². The van der Waals surface area contributed by atoms with Crippen LogP contribution >= 0.6 is 11.8 Å². The third-order valence-electron chi connectivity index (χ3n) is 1.68. The molecule has 0 radical (unpaired) electrons. The maximum absolute atomic E-state index is 10.8. The number of carbonyl (C=O) groups is 1. The van der Waals surface area contributed by atoms with Gasteiger partial charge in [-0.25, -0.2) is 0 Å². The van der Waals surface area contributed by atoms with Crippen LogP contribution in [-0.2, 0) is 9.53 Å². The minimum atomic E-state index is -0.727. The van der Waals surface area contributed by atoms with Gasteiger partial charge in [-0.15, -0.1) is 11.8 Å². The third kappa shape index (κ3) is 6.27. The van der Waals surface area contributed by atoms with E-state index in [9.17, 15) is 4.79 Å². The van der Waals surface area contributed by atoms with Crippen LogP contribution in [0.4, 0.5) is 0 Å². The summed E-state index contributed by atoms with van der Waals surface area (Å²) in [6, 6.07) is 0. The summed E-state index contributed by atoms with van der Waals surface area (Å²) in [5, 5.41) is 8.58. The Labute approximate surface area is 90.2 Å². The highest BCUT2D eigenvalue weighted by Gasteiger charge is 2.21. The zero-order valence-corrected chi connectivity index (χ0v) is 10.1. The first-order valence-corrected chi connectivity index (χ1v) is 5.96. The monoisotopic (exact) mass is 220 g/mol. The second-order valence-electron chi connectivity index (χ2n) is 3.79. The van der Waals surface area contributed by atoms with Gasteiger partial charge in [-0.1, -0.05) is 13.8 Å². The lowest BCUT2D eigenvalue weighted by Crippen LogP contribution is -2.23. The Kier molecular flexibility index (Phi) is 7.01. The molecule has 0 aliphatic carbocycles. The SMILES string of the molecule is CC(C)OCCSC(C(=O)O)C(C)C. The van der Waals surface area contributed by atoms with Gasteiger partial charge in [0.1, 0.15) is 5.25 Å². The summed E-state index contributed by atoms with van der Waals surface area (Å²) in [4.78, 5) is 10.8. The van der Waals surface area contributed by atoms with Crippen molar-refractivity contribution in [3.63, 3.8) is 0 Å². The van der Waals surface area contributed by atoms with E-state index in [2.05, 4.69) is 0 Å². The van der Waals surface area contributed by atoms with Gasteiger partial charge in [0, 0.05) is 5.75 Å². The van der Waals surface area contributed by atoms with Gasteiger partial charge in [0.2, 0.25) is 0 Å². The van der Waals surface area contributed by atoms with Gasteiger partial charge in [0.25, 0.3) is 0 Å². The number of carboxylic acids is 1. The van der Waals surface area contributed by atoms with Crippen LogP contribution in [0.2, 0.25) is 0 Å². The van der Waals surface area contributed by atoms with Crippen molar-refractivity contribution < 1.29 is 14.6 Å². The second kappa shape index (κ2) is 7.12. The van der Waals surface area contributed by atoms with Crippen molar-refractivity contribution in [3.8, 4) is 0 Å². The average Bonchev–Trinajstić information content (AvgIpc) is 2.01. The predicted octanol–water partition coefficient (Wildman–Crippen LogP) is 2.25. The highest BCUT2D eigenvalue weighted by Crippen LogP contribution is 2.19. The van der Waals surface area contributed by atoms with Gasteiger partial charge in [0.05, 0.1) is 12.7 Å². The third-order valence-corrected chi connectivity index (χ3v) is 3.19. The summed E-state index contributed by atoms with van der Waals surface area (Å²) in [5.74, 6) is 0.180. The minimum Gasteiger partial charge on any atom is -0.480 e. The molecule has 0 aliphatic rings. The number of aliphatic carboxylic acids is 1. The molecular formula is C10H20O3S. The highest BCUT2D eigenvalue weighted by molar-refractivity contribution is 8.00. The van der Waals surface area contributed by atoms with Crippen molar-refractivity contribution >= 4 is 17.7 Å². The normalized spacial score (nSPS) is 13.6. The van der Waals surface area contributed by atoms with Crippen molar-refractivity contribution in [1.29, 1.82) is 0 Å². The second-order valence-corrected chi connectivity index (χ2v) is 5.04. The Balaban J connectivity index is 3.67. The van der Waals surface area contributed by atoms with Crippen LogP contribution in [0.3, 0.4) is 0 Å². The van der Waals surface area contributed by atoms with Gasteiger partial charge < -0.3 is 9.84 Å². The molecule has 0 heterocycles. The Hall–Kier alpha value is -0.220. The van der Waals surface area contributed by atoms with Gasteiger partial charge in [-0.2, -0.15) is 0 Å². The van der Waals surface area contributed by atoms with Crippen LogP contribution in [0, 0.1) is 5.92 Å². The maximum Gasteiger partial charge on any atom is 0.316 e. The molecule has 0 aromatic rings. The smallest absolute Gasteiger partial charge is 0.316 e. The molecule has 0 saturated carbocycles. The van der Waals surface area contributed by atoms with E-state index in [1.54, 1.807) is 0 Å². The van der Waals surface area contributed by atoms with Crippen LogP contribution in [0.1, 0.15) is 27.7 Å². The summed E-state index contributed by atoms with van der Waals surface area (Å²) in [5.41, 5.74) is 0. The number of hydrogen-bond acceptors (Lipinski definition) is 3. The van der Waals surface area contributed by atoms with Crippen LogP contribution in [-0.4, -0.2) is 34.8 Å². The van der Waals surface area contributed by atoms with E-state index in [1.165, 1.54) is 11.8 Å². The number of thioether (sulfide) groups is 1. The highest BCUT2D eigenvalue weighted by atomic mass is 32.2. The van der Waals surface area contributed by atoms with E-state index < -0.39 is 5.97 Å². The minimum absolute atomic E-state index is 0.163. The van der Waals surface area contributed by atoms with Crippen LogP contribution < -0.4 is 0 Å². The lowest BCUT2D eigenvalue weighted by molar-refractivity contribution is -0.137. The zero-order chi connectivity index (χ0) is 11.1. The molecule has 0 bridgehead atoms. The van der Waals surface area contributed by atoms with Crippen molar-refractivity contribution in [2.45, 2.75) is 39.0 Å². The summed E-state index contributed by atoms with van der Waals surface area (Å²) < 4.78 is 5.34. The molecule has 1 atom stereocenters. The van der Waals surface area contributed by atoms with E-state index in [4.69, 9.17) is 9.84 Å². The van der Waals surface area contributed by atoms with E-state index >= 15 is 0 Å². The molecule has 0 aliphatic heterocycles. The molecule has 84 valence electrons. The van der Waals surface area contributed by atoms with Crippen molar-refractivity contribution in [3.05, 3.63) is 0 Å². The molecule has 14 heavy (non-hydrogen) atoms. The summed E-state index contributed by atoms with van der Waals surface area (Å²) >= 11 is 1.46. The summed E-state index contributed by atoms with van der Waals surface area (Å²) in [7, 11) is 0. The molecule has 1 unspecified atom stereocenters. The standard InChI is InChI=1S/C10H20O3S/c1-7(2)9(10(11)12)14-6-5-13-8(3)4/h7-9H,5-6H2,1-4H3,(H,11,12). The Morgan fingerprint density at radius 3 is 2.29 bits per heavy atom. The van der Waals surface area contributed by atoms with Gasteiger partial charge in [-0.3, -0.25) is 4.79 Å². The van der Waals surface area contributed by atoms with Crippen molar-refractivity contribution in [1.82, 2.24) is 0 Å². The quantitative estimate of drug-likeness (QED) is 0.668. The fraction of sp³-hybridized carbons (Fsp3) is 0.900. The Morgan fingerprint density at radius 2 is 1.93 bits per heavy atom. The van der Waals surface area contributed by atoms with Gasteiger partial charge in [-0.05, 0) is 19.8 Å². The first kappa shape index (κ1) is 13.8. The Bertz CT molecular complexity index is 169. The van der Waals surface area contributed by atoms with Crippen LogP contribution in [0.15, 0.2) is 0 Å². The molecular weight excluding hydrogens is 200 g/mol. The molecule has 0 saturated heterocycles. The topological polar surface area (TPSA) is 46.5 Å². The lowest BCUT2D eigenvalue weighted by atomic mass is 10.1. The molecule has 0 spiro atoms. The van der Waals surface area contributed by atoms with E-state index in [0.29, 0.717) is 6.61 Å². The van der Waals surface area contributed by atoms with Crippen LogP contribution in [0.25, 0.3) is 0 Å². The molecule has 0 aromatic carbocycles. The number of carboxylic acid groups (broad SMARTS) is 1. The molecule has 0 rings (SSSR count). The predicted molar refractivity (Wildman–Crippen MR) is 59.8 cm³/mol. The van der Waals surface area contributed by atoms with E-state index in [-0.39, 0.29) is 17.3 Å². The summed E-state index contributed by atoms with van der Waals surface area (Å²) in [6.07, 6.45) is 0.220. The molecule has 0 amide bonds. The zero-order valence-electron chi connectivity index (χ0n) is 9.32. The van der Waals surface area contributed by atoms with Crippen molar-refractivity contribution in [2.75, 3.05) is 12.4 Å². The first-order chi connectivity index (χ1) is 6.45. The lowest BCUT2D eigenvalue weighted by Gasteiger charge is -2.15. The maximum atomic E-state index is 10.8. The fourth-order valence-electron chi connectivity index (χ4n) is 1.01. The molecule has 4 heteroatoms. The number of ether oxygens (including phenoxy) is 1. The molecule has 0 aromatic heterocycles. The largest absolute Gasteiger partial charge is 0.480 e. The fourth-order valence-corrected chi connectivity index (χ4v) is 1.98. The Morgan fingerprint density at radius 1 is 1.36 bits per heavy atom. The molecule has 0 fully saturated rings. The molecule has 1 N–H and O–H groups in total. The van der Waals surface area contributed by atoms with Crippen LogP contribution in [0.5, 0.6) is 0 Å². The number of hydrogen-bond donors (Lipinski definition) is 1. The summed E-state index contributed by atoms with van der Waals surface area (Å²) in [6.45, 7) is 8.42. The van der Waals surface area contributed by atoms with Crippen molar-refractivity contribution in [2.24, 2.45) is 5.92 Å². The van der Waals surface area contributed by atoms with E-state index in [0.717, 1.165) is 5.75 Å².